The molecule has 1 rings (SSSR count). The van der Waals surface area contributed by atoms with Gasteiger partial charge in [0.05, 0.1) is 13.2 Å². The molecule has 0 bridgehead atoms. The van der Waals surface area contributed by atoms with Crippen molar-refractivity contribution < 1.29 is 9.47 Å². The first-order valence-corrected chi connectivity index (χ1v) is 7.11. The third kappa shape index (κ3) is 5.12. The maximum Gasteiger partial charge on any atom is 0.0663 e. The average molecular weight is 280 g/mol. The molecule has 0 aromatic heterocycles. The second-order valence-corrected chi connectivity index (χ2v) is 5.21. The first-order valence-electron chi connectivity index (χ1n) is 7.11. The summed E-state index contributed by atoms with van der Waals surface area (Å²) in [6.07, 6.45) is 0. The topological polar surface area (TPSA) is 33.7 Å². The van der Waals surface area contributed by atoms with Gasteiger partial charge in [0, 0.05) is 46.1 Å². The Morgan fingerprint density at radius 2 is 2.00 bits per heavy atom. The first-order chi connectivity index (χ1) is 9.60. The Balaban J connectivity index is 2.63. The largest absolute Gasteiger partial charge is 0.383 e. The number of nitrogens with zero attached hydrogens (tertiary/aromatic N) is 1. The Bertz CT molecular complexity index is 396. The standard InChI is InChI=1S/C16H28N2O2/c1-13-10-15(11-17-8-9-19-4)6-7-16(13)18(3)14(2)12-20-5/h6-7,10,14,17H,8-9,11-12H2,1-5H3. The van der Waals surface area contributed by atoms with Crippen molar-refractivity contribution in [3.63, 3.8) is 0 Å². The summed E-state index contributed by atoms with van der Waals surface area (Å²) in [4.78, 5) is 2.26. The molecule has 1 N–H and O–H groups in total. The van der Waals surface area contributed by atoms with Crippen LogP contribution in [0.25, 0.3) is 0 Å². The molecule has 4 heteroatoms. The molecular weight excluding hydrogens is 252 g/mol. The lowest BCUT2D eigenvalue weighted by Gasteiger charge is -2.28. The van der Waals surface area contributed by atoms with Crippen molar-refractivity contribution in [2.75, 3.05) is 45.9 Å². The van der Waals surface area contributed by atoms with E-state index in [-0.39, 0.29) is 0 Å². The molecule has 0 aliphatic carbocycles. The van der Waals surface area contributed by atoms with E-state index < -0.39 is 0 Å². The highest BCUT2D eigenvalue weighted by Gasteiger charge is 2.12. The number of hydrogen-bond acceptors (Lipinski definition) is 4. The van der Waals surface area contributed by atoms with Gasteiger partial charge >= 0.3 is 0 Å². The van der Waals surface area contributed by atoms with Crippen LogP contribution in [0.4, 0.5) is 5.69 Å². The SMILES string of the molecule is COCCNCc1ccc(N(C)C(C)COC)c(C)c1. The number of hydrogen-bond donors (Lipinski definition) is 1. The molecule has 1 aromatic carbocycles. The molecule has 0 spiro atoms. The Labute approximate surface area is 123 Å². The van der Waals surface area contributed by atoms with E-state index in [1.165, 1.54) is 16.8 Å². The van der Waals surface area contributed by atoms with Crippen molar-refractivity contribution in [2.45, 2.75) is 26.4 Å². The maximum atomic E-state index is 5.22. The summed E-state index contributed by atoms with van der Waals surface area (Å²) in [5, 5.41) is 3.36. The zero-order chi connectivity index (χ0) is 15.0. The Hall–Kier alpha value is -1.10. The third-order valence-electron chi connectivity index (χ3n) is 3.52. The van der Waals surface area contributed by atoms with Gasteiger partial charge in [-0.05, 0) is 31.0 Å². The predicted octanol–water partition coefficient (Wildman–Crippen LogP) is 2.20. The van der Waals surface area contributed by atoms with E-state index in [9.17, 15) is 0 Å². The minimum absolute atomic E-state index is 0.365. The Morgan fingerprint density at radius 1 is 1.25 bits per heavy atom. The van der Waals surface area contributed by atoms with Crippen LogP contribution >= 0.6 is 0 Å². The highest BCUT2D eigenvalue weighted by atomic mass is 16.5. The summed E-state index contributed by atoms with van der Waals surface area (Å²) in [7, 11) is 5.58. The van der Waals surface area contributed by atoms with E-state index >= 15 is 0 Å². The number of methoxy groups -OCH3 is 2. The average Bonchev–Trinajstić information content (AvgIpc) is 2.43. The molecule has 1 atom stereocenters. The van der Waals surface area contributed by atoms with Crippen LogP contribution in [0, 0.1) is 6.92 Å². The predicted molar refractivity (Wildman–Crippen MR) is 84.5 cm³/mol. The quantitative estimate of drug-likeness (QED) is 0.703. The van der Waals surface area contributed by atoms with Gasteiger partial charge in [0.1, 0.15) is 0 Å². The lowest BCUT2D eigenvalue weighted by Crippen LogP contribution is -2.33. The molecule has 1 aromatic rings. The molecule has 114 valence electrons. The highest BCUT2D eigenvalue weighted by Crippen LogP contribution is 2.22. The van der Waals surface area contributed by atoms with Crippen LogP contribution in [0.2, 0.25) is 0 Å². The van der Waals surface area contributed by atoms with Gasteiger partial charge in [-0.2, -0.15) is 0 Å². The molecule has 0 heterocycles. The van der Waals surface area contributed by atoms with Crippen LogP contribution in [-0.2, 0) is 16.0 Å². The zero-order valence-corrected chi connectivity index (χ0v) is 13.4. The number of aryl methyl sites for hydroxylation is 1. The molecule has 0 saturated carbocycles. The van der Waals surface area contributed by atoms with Crippen LogP contribution in [0.3, 0.4) is 0 Å². The summed E-state index contributed by atoms with van der Waals surface area (Å²) in [6.45, 7) is 7.56. The van der Waals surface area contributed by atoms with Crippen molar-refractivity contribution in [2.24, 2.45) is 0 Å². The molecule has 1 unspecified atom stereocenters. The number of rotatable bonds is 9. The first kappa shape index (κ1) is 17.0. The van der Waals surface area contributed by atoms with Crippen LogP contribution in [0.1, 0.15) is 18.1 Å². The molecule has 4 nitrogen and oxygen atoms in total. The van der Waals surface area contributed by atoms with E-state index in [0.717, 1.165) is 26.3 Å². The van der Waals surface area contributed by atoms with E-state index in [1.54, 1.807) is 14.2 Å². The van der Waals surface area contributed by atoms with Gasteiger partial charge in [0.25, 0.3) is 0 Å². The molecule has 0 fully saturated rings. The molecular formula is C16H28N2O2. The van der Waals surface area contributed by atoms with Crippen molar-refractivity contribution in [3.05, 3.63) is 29.3 Å². The van der Waals surface area contributed by atoms with Gasteiger partial charge in [-0.1, -0.05) is 12.1 Å². The summed E-state index contributed by atoms with van der Waals surface area (Å²) < 4.78 is 10.2. The number of benzene rings is 1. The van der Waals surface area contributed by atoms with Crippen LogP contribution in [-0.4, -0.2) is 47.1 Å². The minimum atomic E-state index is 0.365. The summed E-state index contributed by atoms with van der Waals surface area (Å²) in [5.74, 6) is 0. The fraction of sp³-hybridized carbons (Fsp3) is 0.625. The summed E-state index contributed by atoms with van der Waals surface area (Å²) >= 11 is 0. The van der Waals surface area contributed by atoms with Crippen molar-refractivity contribution in [3.8, 4) is 0 Å². The van der Waals surface area contributed by atoms with Gasteiger partial charge in [-0.25, -0.2) is 0 Å². The van der Waals surface area contributed by atoms with E-state index in [4.69, 9.17) is 9.47 Å². The van der Waals surface area contributed by atoms with Crippen LogP contribution in [0.5, 0.6) is 0 Å². The zero-order valence-electron chi connectivity index (χ0n) is 13.4. The lowest BCUT2D eigenvalue weighted by atomic mass is 10.1. The highest BCUT2D eigenvalue weighted by molar-refractivity contribution is 5.54. The monoisotopic (exact) mass is 280 g/mol. The fourth-order valence-electron chi connectivity index (χ4n) is 2.22. The van der Waals surface area contributed by atoms with Gasteiger partial charge in [0.2, 0.25) is 0 Å². The number of ether oxygens (including phenoxy) is 2. The van der Waals surface area contributed by atoms with E-state index in [0.29, 0.717) is 6.04 Å². The molecule has 0 aliphatic heterocycles. The normalized spacial score (nSPS) is 12.4. The third-order valence-corrected chi connectivity index (χ3v) is 3.52. The van der Waals surface area contributed by atoms with Crippen LogP contribution in [0.15, 0.2) is 18.2 Å². The fourth-order valence-corrected chi connectivity index (χ4v) is 2.22. The Morgan fingerprint density at radius 3 is 2.60 bits per heavy atom. The summed E-state index contributed by atoms with van der Waals surface area (Å²) in [6, 6.07) is 6.97. The van der Waals surface area contributed by atoms with Gasteiger partial charge < -0.3 is 19.7 Å². The molecule has 0 aliphatic rings. The summed E-state index contributed by atoms with van der Waals surface area (Å²) in [5.41, 5.74) is 3.85. The molecule has 0 saturated heterocycles. The number of likely N-dealkylation sites (N-methyl/N-ethyl adjacent to an activating group) is 1. The van der Waals surface area contributed by atoms with Crippen molar-refractivity contribution in [1.29, 1.82) is 0 Å². The minimum Gasteiger partial charge on any atom is -0.383 e. The van der Waals surface area contributed by atoms with Gasteiger partial charge in [-0.3, -0.25) is 0 Å². The van der Waals surface area contributed by atoms with Crippen molar-refractivity contribution in [1.82, 2.24) is 5.32 Å². The molecule has 0 radical (unpaired) electrons. The molecule has 20 heavy (non-hydrogen) atoms. The smallest absolute Gasteiger partial charge is 0.0663 e. The van der Waals surface area contributed by atoms with Gasteiger partial charge in [0.15, 0.2) is 0 Å². The number of anilines is 1. The second-order valence-electron chi connectivity index (χ2n) is 5.21. The van der Waals surface area contributed by atoms with Crippen LogP contribution < -0.4 is 10.2 Å². The molecule has 0 amide bonds. The second kappa shape index (κ2) is 8.95. The number of nitrogens with one attached hydrogen (secondary N) is 1. The Kier molecular flexibility index (Phi) is 7.59. The lowest BCUT2D eigenvalue weighted by molar-refractivity contribution is 0.183. The van der Waals surface area contributed by atoms with Gasteiger partial charge in [-0.15, -0.1) is 0 Å². The van der Waals surface area contributed by atoms with E-state index in [2.05, 4.69) is 49.3 Å². The maximum absolute atomic E-state index is 5.22. The van der Waals surface area contributed by atoms with E-state index in [1.807, 2.05) is 0 Å². The van der Waals surface area contributed by atoms with Crippen molar-refractivity contribution >= 4 is 5.69 Å².